The molecular weight excluding hydrogens is 365 g/mol. The molecule has 1 heterocycles. The first-order valence-electron chi connectivity index (χ1n) is 6.88. The Labute approximate surface area is 145 Å². The minimum Gasteiger partial charge on any atom is -0.324 e. The molecule has 1 amide bonds. The molecule has 1 aromatic heterocycles. The Morgan fingerprint density at radius 3 is 2.67 bits per heavy atom. The van der Waals surface area contributed by atoms with Gasteiger partial charge in [0.15, 0.2) is 0 Å². The Bertz CT molecular complexity index is 733. The normalized spacial score (nSPS) is 11.8. The summed E-state index contributed by atoms with van der Waals surface area (Å²) >= 11 is 6.89. The number of halogens is 4. The lowest BCUT2D eigenvalue weighted by Gasteiger charge is -2.10. The average molecular weight is 379 g/mol. The van der Waals surface area contributed by atoms with Crippen molar-refractivity contribution in [3.63, 3.8) is 0 Å². The molecule has 10 heteroatoms. The van der Waals surface area contributed by atoms with Crippen LogP contribution in [0.4, 0.5) is 18.9 Å². The molecule has 130 valence electrons. The summed E-state index contributed by atoms with van der Waals surface area (Å²) in [5.74, 6) is 0.486. The van der Waals surface area contributed by atoms with E-state index in [0.29, 0.717) is 11.0 Å². The summed E-state index contributed by atoms with van der Waals surface area (Å²) in [5, 5.41) is 9.44. The van der Waals surface area contributed by atoms with E-state index in [1.807, 2.05) is 13.8 Å². The fourth-order valence-corrected chi connectivity index (χ4v) is 2.52. The van der Waals surface area contributed by atoms with E-state index in [9.17, 15) is 18.0 Å². The van der Waals surface area contributed by atoms with Gasteiger partial charge in [0, 0.05) is 5.92 Å². The van der Waals surface area contributed by atoms with Gasteiger partial charge in [-0.25, -0.2) is 4.98 Å². The van der Waals surface area contributed by atoms with Gasteiger partial charge in [-0.1, -0.05) is 37.2 Å². The molecule has 0 aliphatic heterocycles. The van der Waals surface area contributed by atoms with Crippen molar-refractivity contribution in [2.24, 2.45) is 0 Å². The van der Waals surface area contributed by atoms with Crippen molar-refractivity contribution in [2.45, 2.75) is 31.1 Å². The molecule has 2 aromatic rings. The fourth-order valence-electron chi connectivity index (χ4n) is 1.69. The molecular formula is C14H14ClF3N4OS. The molecule has 0 saturated carbocycles. The second kappa shape index (κ2) is 7.43. The van der Waals surface area contributed by atoms with Crippen molar-refractivity contribution in [3.8, 4) is 0 Å². The second-order valence-electron chi connectivity index (χ2n) is 5.19. The number of nitrogens with one attached hydrogen (secondary N) is 2. The van der Waals surface area contributed by atoms with Gasteiger partial charge in [0.25, 0.3) is 0 Å². The summed E-state index contributed by atoms with van der Waals surface area (Å²) in [5.41, 5.74) is -0.755. The molecule has 1 aromatic carbocycles. The quantitative estimate of drug-likeness (QED) is 0.760. The highest BCUT2D eigenvalue weighted by Crippen LogP contribution is 2.33. The SMILES string of the molecule is CC(C)c1nc(SCC(=O)Nc2ccc(C(F)(F)F)cc2Cl)n[nH]1. The van der Waals surface area contributed by atoms with Crippen molar-refractivity contribution in [1.29, 1.82) is 0 Å². The van der Waals surface area contributed by atoms with Gasteiger partial charge >= 0.3 is 6.18 Å². The van der Waals surface area contributed by atoms with Crippen LogP contribution in [0, 0.1) is 0 Å². The van der Waals surface area contributed by atoms with Crippen LogP contribution < -0.4 is 5.32 Å². The molecule has 0 radical (unpaired) electrons. The van der Waals surface area contributed by atoms with E-state index >= 15 is 0 Å². The number of anilines is 1. The minimum absolute atomic E-state index is 0.00669. The van der Waals surface area contributed by atoms with Gasteiger partial charge in [0.1, 0.15) is 5.82 Å². The maximum atomic E-state index is 12.6. The third-order valence-corrected chi connectivity index (χ3v) is 4.09. The lowest BCUT2D eigenvalue weighted by atomic mass is 10.2. The first-order valence-corrected chi connectivity index (χ1v) is 8.25. The number of thioether (sulfide) groups is 1. The molecule has 0 atom stereocenters. The van der Waals surface area contributed by atoms with Crippen molar-refractivity contribution in [2.75, 3.05) is 11.1 Å². The smallest absolute Gasteiger partial charge is 0.324 e. The number of carbonyl (C=O) groups is 1. The van der Waals surface area contributed by atoms with Crippen LogP contribution >= 0.6 is 23.4 Å². The number of aromatic nitrogens is 3. The van der Waals surface area contributed by atoms with Crippen LogP contribution in [0.25, 0.3) is 0 Å². The number of carbonyl (C=O) groups excluding carboxylic acids is 1. The fraction of sp³-hybridized carbons (Fsp3) is 0.357. The van der Waals surface area contributed by atoms with E-state index in [-0.39, 0.29) is 22.4 Å². The highest BCUT2D eigenvalue weighted by Gasteiger charge is 2.31. The Morgan fingerprint density at radius 1 is 1.42 bits per heavy atom. The third kappa shape index (κ3) is 4.88. The molecule has 0 aliphatic rings. The largest absolute Gasteiger partial charge is 0.416 e. The lowest BCUT2D eigenvalue weighted by Crippen LogP contribution is -2.15. The number of nitrogens with zero attached hydrogens (tertiary/aromatic N) is 2. The van der Waals surface area contributed by atoms with Crippen LogP contribution in [0.3, 0.4) is 0 Å². The predicted octanol–water partition coefficient (Wildman–Crippen LogP) is 4.33. The Kier molecular flexibility index (Phi) is 5.76. The molecule has 2 N–H and O–H groups in total. The number of amides is 1. The first-order chi connectivity index (χ1) is 11.2. The molecule has 2 rings (SSSR count). The van der Waals surface area contributed by atoms with Gasteiger partial charge in [-0.15, -0.1) is 5.10 Å². The molecule has 0 unspecified atom stereocenters. The van der Waals surface area contributed by atoms with E-state index in [0.717, 1.165) is 30.0 Å². The summed E-state index contributed by atoms with van der Waals surface area (Å²) in [6.07, 6.45) is -4.48. The molecule has 0 spiro atoms. The molecule has 0 saturated heterocycles. The Morgan fingerprint density at radius 2 is 2.12 bits per heavy atom. The standard InChI is InChI=1S/C14H14ClF3N4OS/c1-7(2)12-20-13(22-21-12)24-6-11(23)19-10-4-3-8(5-9(10)15)14(16,17)18/h3-5,7H,6H2,1-2H3,(H,19,23)(H,20,21,22). The van der Waals surface area contributed by atoms with Crippen LogP contribution in [-0.2, 0) is 11.0 Å². The van der Waals surface area contributed by atoms with Gasteiger partial charge < -0.3 is 5.32 Å². The average Bonchev–Trinajstić information content (AvgIpc) is 2.95. The van der Waals surface area contributed by atoms with Crippen LogP contribution in [0.1, 0.15) is 31.2 Å². The maximum absolute atomic E-state index is 12.6. The van der Waals surface area contributed by atoms with Crippen molar-refractivity contribution in [3.05, 3.63) is 34.6 Å². The summed E-state index contributed by atoms with van der Waals surface area (Å²) in [7, 11) is 0. The van der Waals surface area contributed by atoms with Crippen LogP contribution in [-0.4, -0.2) is 26.8 Å². The first kappa shape index (κ1) is 18.6. The van der Waals surface area contributed by atoms with Crippen LogP contribution in [0.2, 0.25) is 5.02 Å². The zero-order valence-electron chi connectivity index (χ0n) is 12.7. The number of rotatable bonds is 5. The number of benzene rings is 1. The van der Waals surface area contributed by atoms with Gasteiger partial charge in [0.2, 0.25) is 11.1 Å². The molecule has 0 fully saturated rings. The molecule has 24 heavy (non-hydrogen) atoms. The van der Waals surface area contributed by atoms with Gasteiger partial charge in [-0.2, -0.15) is 13.2 Å². The minimum atomic E-state index is -4.48. The summed E-state index contributed by atoms with van der Waals surface area (Å²) in [4.78, 5) is 16.1. The van der Waals surface area contributed by atoms with E-state index in [2.05, 4.69) is 20.5 Å². The maximum Gasteiger partial charge on any atom is 0.416 e. The second-order valence-corrected chi connectivity index (χ2v) is 6.54. The lowest BCUT2D eigenvalue weighted by molar-refractivity contribution is -0.137. The highest BCUT2D eigenvalue weighted by atomic mass is 35.5. The van der Waals surface area contributed by atoms with E-state index in [4.69, 9.17) is 11.6 Å². The number of H-pyrrole nitrogens is 1. The zero-order valence-corrected chi connectivity index (χ0v) is 14.3. The van der Waals surface area contributed by atoms with E-state index in [1.165, 1.54) is 0 Å². The van der Waals surface area contributed by atoms with Crippen LogP contribution in [0.15, 0.2) is 23.4 Å². The Hall–Kier alpha value is -1.74. The molecule has 0 aliphatic carbocycles. The van der Waals surface area contributed by atoms with Gasteiger partial charge in [0.05, 0.1) is 22.0 Å². The van der Waals surface area contributed by atoms with E-state index < -0.39 is 17.6 Å². The number of aromatic amines is 1. The van der Waals surface area contributed by atoms with Gasteiger partial charge in [-0.05, 0) is 18.2 Å². The van der Waals surface area contributed by atoms with Crippen molar-refractivity contribution < 1.29 is 18.0 Å². The summed E-state index contributed by atoms with van der Waals surface area (Å²) in [6.45, 7) is 3.91. The third-order valence-electron chi connectivity index (χ3n) is 2.93. The van der Waals surface area contributed by atoms with Crippen LogP contribution in [0.5, 0.6) is 0 Å². The zero-order chi connectivity index (χ0) is 17.9. The van der Waals surface area contributed by atoms with Gasteiger partial charge in [-0.3, -0.25) is 9.89 Å². The number of alkyl halides is 3. The highest BCUT2D eigenvalue weighted by molar-refractivity contribution is 7.99. The monoisotopic (exact) mass is 378 g/mol. The number of hydrogen-bond acceptors (Lipinski definition) is 4. The van der Waals surface area contributed by atoms with Crippen molar-refractivity contribution >= 4 is 35.0 Å². The summed E-state index contributed by atoms with van der Waals surface area (Å²) in [6, 6.07) is 2.75. The number of hydrogen-bond donors (Lipinski definition) is 2. The predicted molar refractivity (Wildman–Crippen MR) is 86.3 cm³/mol. The molecule has 0 bridgehead atoms. The van der Waals surface area contributed by atoms with E-state index in [1.54, 1.807) is 0 Å². The van der Waals surface area contributed by atoms with Crippen molar-refractivity contribution in [1.82, 2.24) is 15.2 Å². The summed E-state index contributed by atoms with van der Waals surface area (Å²) < 4.78 is 37.7. The Balaban J connectivity index is 1.94. The molecule has 5 nitrogen and oxygen atoms in total. The topological polar surface area (TPSA) is 70.7 Å².